The van der Waals surface area contributed by atoms with Crippen LogP contribution in [0.15, 0.2) is 72.4 Å². The number of aromatic nitrogens is 1. The van der Waals surface area contributed by atoms with Crippen molar-refractivity contribution in [2.24, 2.45) is 0 Å². The Morgan fingerprint density at radius 1 is 1.08 bits per heavy atom. The molecule has 2 aliphatic rings. The average molecular weight is 323 g/mol. The number of carbonyl (C=O) groups is 2. The highest BCUT2D eigenvalue weighted by Crippen LogP contribution is 2.26. The third kappa shape index (κ3) is 3.87. The van der Waals surface area contributed by atoms with Crippen molar-refractivity contribution in [3.05, 3.63) is 77.9 Å². The number of allylic oxidation sites excluding steroid dienone is 5. The monoisotopic (exact) mass is 323 g/mol. The maximum absolute atomic E-state index is 12.3. The van der Waals surface area contributed by atoms with Crippen molar-refractivity contribution in [2.75, 3.05) is 0 Å². The predicted octanol–water partition coefficient (Wildman–Crippen LogP) is 3.62. The van der Waals surface area contributed by atoms with Crippen LogP contribution in [0, 0.1) is 0 Å². The van der Waals surface area contributed by atoms with E-state index in [-0.39, 0.29) is 30.2 Å². The second-order valence-electron chi connectivity index (χ2n) is 5.44. The zero-order chi connectivity index (χ0) is 16.8. The maximum Gasteiger partial charge on any atom is 0.205 e. The summed E-state index contributed by atoms with van der Waals surface area (Å²) >= 11 is 0. The van der Waals surface area contributed by atoms with E-state index in [9.17, 15) is 9.59 Å². The van der Waals surface area contributed by atoms with Crippen molar-refractivity contribution in [1.29, 1.82) is 0 Å². The van der Waals surface area contributed by atoms with E-state index in [4.69, 9.17) is 9.47 Å². The Balaban J connectivity index is 1.56. The largest absolute Gasteiger partial charge is 0.465 e. The lowest BCUT2D eigenvalue weighted by atomic mass is 10.0. The summed E-state index contributed by atoms with van der Waals surface area (Å²) < 4.78 is 10.9. The second-order valence-corrected chi connectivity index (χ2v) is 5.44. The van der Waals surface area contributed by atoms with Gasteiger partial charge in [0, 0.05) is 30.8 Å². The van der Waals surface area contributed by atoms with Crippen LogP contribution in [0.25, 0.3) is 0 Å². The van der Waals surface area contributed by atoms with Crippen molar-refractivity contribution < 1.29 is 19.1 Å². The van der Waals surface area contributed by atoms with Gasteiger partial charge >= 0.3 is 0 Å². The third-order valence-electron chi connectivity index (χ3n) is 3.76. The molecule has 2 heterocycles. The van der Waals surface area contributed by atoms with Gasteiger partial charge in [0.05, 0.1) is 0 Å². The zero-order valence-electron chi connectivity index (χ0n) is 13.1. The first-order chi connectivity index (χ1) is 11.7. The van der Waals surface area contributed by atoms with Gasteiger partial charge in [0.15, 0.2) is 11.5 Å². The van der Waals surface area contributed by atoms with Gasteiger partial charge in [-0.25, -0.2) is 0 Å². The lowest BCUT2D eigenvalue weighted by Gasteiger charge is -2.18. The van der Waals surface area contributed by atoms with Crippen molar-refractivity contribution >= 4 is 11.6 Å². The van der Waals surface area contributed by atoms with E-state index in [2.05, 4.69) is 11.1 Å². The van der Waals surface area contributed by atoms with Crippen LogP contribution >= 0.6 is 0 Å². The molecule has 0 N–H and O–H groups in total. The number of hydrogen-bond donors (Lipinski definition) is 0. The van der Waals surface area contributed by atoms with Crippen LogP contribution in [-0.4, -0.2) is 16.6 Å². The Labute approximate surface area is 140 Å². The van der Waals surface area contributed by atoms with Crippen LogP contribution in [-0.2, 0) is 14.3 Å². The molecule has 24 heavy (non-hydrogen) atoms. The van der Waals surface area contributed by atoms with E-state index < -0.39 is 0 Å². The highest BCUT2D eigenvalue weighted by Gasteiger charge is 2.21. The van der Waals surface area contributed by atoms with Crippen molar-refractivity contribution in [1.82, 2.24) is 4.98 Å². The van der Waals surface area contributed by atoms with Crippen molar-refractivity contribution in [3.63, 3.8) is 0 Å². The van der Waals surface area contributed by atoms with Gasteiger partial charge in [-0.2, -0.15) is 0 Å². The topological polar surface area (TPSA) is 65.5 Å². The minimum atomic E-state index is -0.255. The lowest BCUT2D eigenvalue weighted by Crippen LogP contribution is -2.13. The first-order valence-electron chi connectivity index (χ1n) is 7.80. The molecule has 0 saturated carbocycles. The van der Waals surface area contributed by atoms with Gasteiger partial charge in [-0.1, -0.05) is 18.2 Å². The van der Waals surface area contributed by atoms with Crippen LogP contribution in [0.1, 0.15) is 36.0 Å². The summed E-state index contributed by atoms with van der Waals surface area (Å²) in [6.07, 6.45) is 13.8. The van der Waals surface area contributed by atoms with Crippen molar-refractivity contribution in [3.8, 4) is 0 Å². The molecule has 1 aliphatic heterocycles. The van der Waals surface area contributed by atoms with Crippen LogP contribution in [0.2, 0.25) is 0 Å². The molecule has 0 unspecified atom stereocenters. The fraction of sp³-hybridized carbons (Fsp3) is 0.211. The van der Waals surface area contributed by atoms with E-state index in [0.29, 0.717) is 11.3 Å². The van der Waals surface area contributed by atoms with Gasteiger partial charge in [0.25, 0.3) is 0 Å². The standard InChI is InChI=1S/C19H17NO4/c21-16(14-8-10-20-11-9-14)6-7-17(22)19-13-23-12-18(24-19)15-4-2-1-3-5-15/h1-2,4,8-13H,3,5-7H2. The number of pyridine rings is 1. The summed E-state index contributed by atoms with van der Waals surface area (Å²) in [7, 11) is 0. The summed E-state index contributed by atoms with van der Waals surface area (Å²) in [5.41, 5.74) is 1.54. The summed E-state index contributed by atoms with van der Waals surface area (Å²) in [4.78, 5) is 28.2. The lowest BCUT2D eigenvalue weighted by molar-refractivity contribution is -0.118. The molecule has 0 fully saturated rings. The van der Waals surface area contributed by atoms with E-state index in [1.807, 2.05) is 12.2 Å². The van der Waals surface area contributed by atoms with Gasteiger partial charge in [0.2, 0.25) is 11.5 Å². The minimum Gasteiger partial charge on any atom is -0.465 e. The van der Waals surface area contributed by atoms with Crippen LogP contribution < -0.4 is 0 Å². The smallest absolute Gasteiger partial charge is 0.205 e. The van der Waals surface area contributed by atoms with E-state index in [1.54, 1.807) is 24.5 Å². The molecule has 1 aromatic rings. The Bertz CT molecular complexity index is 757. The predicted molar refractivity (Wildman–Crippen MR) is 87.6 cm³/mol. The Morgan fingerprint density at radius 3 is 2.62 bits per heavy atom. The fourth-order valence-electron chi connectivity index (χ4n) is 2.43. The summed E-state index contributed by atoms with van der Waals surface area (Å²) in [6.45, 7) is 0. The first kappa shape index (κ1) is 15.9. The fourth-order valence-corrected chi connectivity index (χ4v) is 2.43. The molecule has 1 aliphatic carbocycles. The highest BCUT2D eigenvalue weighted by atomic mass is 16.5. The maximum atomic E-state index is 12.3. The van der Waals surface area contributed by atoms with E-state index >= 15 is 0 Å². The Kier molecular flexibility index (Phi) is 5.01. The van der Waals surface area contributed by atoms with Gasteiger partial charge in [-0.05, 0) is 30.5 Å². The molecule has 1 aromatic heterocycles. The number of carbonyl (C=O) groups excluding carboxylic acids is 2. The Morgan fingerprint density at radius 2 is 1.88 bits per heavy atom. The summed E-state index contributed by atoms with van der Waals surface area (Å²) in [5, 5.41) is 0. The van der Waals surface area contributed by atoms with Gasteiger partial charge in [-0.3, -0.25) is 14.6 Å². The SMILES string of the molecule is O=C(CCC(=O)c1ccncc1)C1=COC=C(C2=CC=CCC2)O1. The van der Waals surface area contributed by atoms with Crippen LogP contribution in [0.3, 0.4) is 0 Å². The average Bonchev–Trinajstić information content (AvgIpc) is 2.67. The molecule has 0 bridgehead atoms. The van der Waals surface area contributed by atoms with Crippen LogP contribution in [0.5, 0.6) is 0 Å². The zero-order valence-corrected chi connectivity index (χ0v) is 13.1. The molecule has 0 aromatic carbocycles. The van der Waals surface area contributed by atoms with Gasteiger partial charge in [0.1, 0.15) is 12.5 Å². The molecule has 0 spiro atoms. The molecular formula is C19H17NO4. The number of rotatable bonds is 6. The highest BCUT2D eigenvalue weighted by molar-refractivity contribution is 6.01. The van der Waals surface area contributed by atoms with Crippen LogP contribution in [0.4, 0.5) is 0 Å². The molecule has 3 rings (SSSR count). The number of nitrogens with zero attached hydrogens (tertiary/aromatic N) is 1. The minimum absolute atomic E-state index is 0.0720. The molecule has 0 saturated heterocycles. The quantitative estimate of drug-likeness (QED) is 0.748. The van der Waals surface area contributed by atoms with Gasteiger partial charge < -0.3 is 9.47 Å². The van der Waals surface area contributed by atoms with Gasteiger partial charge in [-0.15, -0.1) is 0 Å². The number of hydrogen-bond acceptors (Lipinski definition) is 5. The normalized spacial score (nSPS) is 16.2. The van der Waals surface area contributed by atoms with E-state index in [1.165, 1.54) is 12.5 Å². The summed E-state index contributed by atoms with van der Waals surface area (Å²) in [5.74, 6) is 0.324. The third-order valence-corrected chi connectivity index (χ3v) is 3.76. The number of ketones is 2. The molecule has 122 valence electrons. The van der Waals surface area contributed by atoms with Crippen molar-refractivity contribution in [2.45, 2.75) is 25.7 Å². The molecule has 0 amide bonds. The molecule has 5 heteroatoms. The second kappa shape index (κ2) is 7.55. The molecule has 5 nitrogen and oxygen atoms in total. The molecule has 0 radical (unpaired) electrons. The van der Waals surface area contributed by atoms with E-state index in [0.717, 1.165) is 18.4 Å². The number of Topliss-reactive ketones (excluding diaryl/α,β-unsaturated/α-hetero) is 2. The first-order valence-corrected chi connectivity index (χ1v) is 7.80. The Hall–Kier alpha value is -2.95. The molecular weight excluding hydrogens is 306 g/mol. The molecule has 0 atom stereocenters. The summed E-state index contributed by atoms with van der Waals surface area (Å²) in [6, 6.07) is 3.27. The number of ether oxygens (including phenoxy) is 2.